The Morgan fingerprint density at radius 2 is 2.16 bits per heavy atom. The van der Waals surface area contributed by atoms with E-state index in [-0.39, 0.29) is 5.91 Å². The van der Waals surface area contributed by atoms with E-state index in [9.17, 15) is 4.79 Å². The molecule has 0 bridgehead atoms. The van der Waals surface area contributed by atoms with Gasteiger partial charge in [0.15, 0.2) is 5.76 Å². The molecule has 2 heterocycles. The van der Waals surface area contributed by atoms with E-state index < -0.39 is 0 Å². The molecule has 0 unspecified atom stereocenters. The molecule has 0 atom stereocenters. The highest BCUT2D eigenvalue weighted by Crippen LogP contribution is 2.18. The Bertz CT molecular complexity index is 422. The first-order valence-electron chi connectivity index (χ1n) is 6.83. The van der Waals surface area contributed by atoms with E-state index in [4.69, 9.17) is 10.2 Å². The van der Waals surface area contributed by atoms with Gasteiger partial charge in [-0.2, -0.15) is 0 Å². The van der Waals surface area contributed by atoms with Crippen LogP contribution in [0.25, 0.3) is 0 Å². The van der Waals surface area contributed by atoms with Crippen molar-refractivity contribution >= 4 is 5.91 Å². The first kappa shape index (κ1) is 14.1. The van der Waals surface area contributed by atoms with Gasteiger partial charge in [-0.15, -0.1) is 0 Å². The van der Waals surface area contributed by atoms with Crippen LogP contribution in [0.1, 0.15) is 29.2 Å². The molecule has 0 spiro atoms. The Kier molecular flexibility index (Phi) is 4.61. The molecule has 1 amide bonds. The second kappa shape index (κ2) is 6.21. The molecule has 1 fully saturated rings. The van der Waals surface area contributed by atoms with Crippen LogP contribution in [0.4, 0.5) is 0 Å². The Morgan fingerprint density at radius 3 is 2.74 bits per heavy atom. The number of nitrogens with zero attached hydrogens (tertiary/aromatic N) is 2. The predicted molar refractivity (Wildman–Crippen MR) is 73.8 cm³/mol. The minimum Gasteiger partial charge on any atom is -0.455 e. The van der Waals surface area contributed by atoms with E-state index in [2.05, 4.69) is 11.9 Å². The molecule has 0 radical (unpaired) electrons. The van der Waals surface area contributed by atoms with Crippen molar-refractivity contribution in [3.8, 4) is 0 Å². The minimum absolute atomic E-state index is 0.0568. The molecule has 1 aliphatic rings. The van der Waals surface area contributed by atoms with Crippen LogP contribution < -0.4 is 5.73 Å². The highest BCUT2D eigenvalue weighted by molar-refractivity contribution is 5.91. The van der Waals surface area contributed by atoms with E-state index >= 15 is 0 Å². The molecule has 0 saturated carbocycles. The molecule has 2 rings (SSSR count). The lowest BCUT2D eigenvalue weighted by molar-refractivity contribution is 0.0714. The summed E-state index contributed by atoms with van der Waals surface area (Å²) in [5.74, 6) is 1.57. The first-order chi connectivity index (χ1) is 9.10. The van der Waals surface area contributed by atoms with Gasteiger partial charge < -0.3 is 20.0 Å². The van der Waals surface area contributed by atoms with Gasteiger partial charge in [0.1, 0.15) is 5.76 Å². The Hall–Kier alpha value is -1.33. The molecule has 5 nitrogen and oxygen atoms in total. The maximum absolute atomic E-state index is 12.2. The molecule has 0 aliphatic carbocycles. The average molecular weight is 265 g/mol. The molecule has 5 heteroatoms. The summed E-state index contributed by atoms with van der Waals surface area (Å²) in [6.45, 7) is 3.35. The summed E-state index contributed by atoms with van der Waals surface area (Å²) in [6, 6.07) is 3.46. The molecule has 0 aromatic carbocycles. The van der Waals surface area contributed by atoms with Gasteiger partial charge >= 0.3 is 0 Å². The number of carbonyl (C=O) groups excluding carboxylic acids is 1. The van der Waals surface area contributed by atoms with Crippen molar-refractivity contribution in [2.75, 3.05) is 33.7 Å². The largest absolute Gasteiger partial charge is 0.455 e. The van der Waals surface area contributed by atoms with E-state index in [1.54, 1.807) is 17.0 Å². The van der Waals surface area contributed by atoms with Crippen LogP contribution in [0.5, 0.6) is 0 Å². The van der Waals surface area contributed by atoms with Crippen molar-refractivity contribution in [1.29, 1.82) is 0 Å². The van der Waals surface area contributed by atoms with Crippen LogP contribution in [-0.4, -0.2) is 49.4 Å². The predicted octanol–water partition coefficient (Wildman–Crippen LogP) is 1.15. The molecule has 1 aromatic heterocycles. The van der Waals surface area contributed by atoms with Gasteiger partial charge in [-0.1, -0.05) is 0 Å². The number of nitrogens with two attached hydrogens (primary N) is 1. The zero-order chi connectivity index (χ0) is 13.8. The Morgan fingerprint density at radius 1 is 1.47 bits per heavy atom. The number of likely N-dealkylation sites (tertiary alicyclic amines) is 1. The zero-order valence-electron chi connectivity index (χ0n) is 11.8. The van der Waals surface area contributed by atoms with Gasteiger partial charge in [0.25, 0.3) is 5.91 Å². The number of furan rings is 1. The highest BCUT2D eigenvalue weighted by atomic mass is 16.4. The zero-order valence-corrected chi connectivity index (χ0v) is 11.8. The summed E-state index contributed by atoms with van der Waals surface area (Å²) in [7, 11) is 3.98. The van der Waals surface area contributed by atoms with E-state index in [0.717, 1.165) is 32.5 Å². The van der Waals surface area contributed by atoms with Gasteiger partial charge in [-0.25, -0.2) is 0 Å². The van der Waals surface area contributed by atoms with Crippen molar-refractivity contribution in [1.82, 2.24) is 9.80 Å². The second-order valence-corrected chi connectivity index (χ2v) is 5.40. The van der Waals surface area contributed by atoms with Crippen molar-refractivity contribution in [2.24, 2.45) is 11.7 Å². The monoisotopic (exact) mass is 265 g/mol. The maximum atomic E-state index is 12.2. The van der Waals surface area contributed by atoms with Gasteiger partial charge in [0.05, 0.1) is 6.54 Å². The van der Waals surface area contributed by atoms with Crippen LogP contribution in [0.3, 0.4) is 0 Å². The number of hydrogen-bond donors (Lipinski definition) is 1. The van der Waals surface area contributed by atoms with Crippen molar-refractivity contribution < 1.29 is 9.21 Å². The average Bonchev–Trinajstić information content (AvgIpc) is 2.89. The fourth-order valence-electron chi connectivity index (χ4n) is 2.51. The minimum atomic E-state index is -0.0568. The summed E-state index contributed by atoms with van der Waals surface area (Å²) in [4.78, 5) is 16.3. The molecule has 1 aromatic rings. The third-order valence-electron chi connectivity index (χ3n) is 3.79. The lowest BCUT2D eigenvalue weighted by Crippen LogP contribution is -2.37. The second-order valence-electron chi connectivity index (χ2n) is 5.40. The van der Waals surface area contributed by atoms with Gasteiger partial charge in [0.2, 0.25) is 0 Å². The number of rotatable bonds is 4. The summed E-state index contributed by atoms with van der Waals surface area (Å²) in [6.07, 6.45) is 2.31. The first-order valence-corrected chi connectivity index (χ1v) is 6.83. The van der Waals surface area contributed by atoms with Crippen LogP contribution in [-0.2, 0) is 6.54 Å². The normalized spacial score (nSPS) is 17.6. The molecule has 1 saturated heterocycles. The van der Waals surface area contributed by atoms with E-state index in [1.165, 1.54) is 0 Å². The molecule has 2 N–H and O–H groups in total. The summed E-state index contributed by atoms with van der Waals surface area (Å²) in [5.41, 5.74) is 5.48. The van der Waals surface area contributed by atoms with Crippen LogP contribution in [0.2, 0.25) is 0 Å². The van der Waals surface area contributed by atoms with Gasteiger partial charge in [0, 0.05) is 13.6 Å². The fraction of sp³-hybridized carbons (Fsp3) is 0.643. The maximum Gasteiger partial charge on any atom is 0.289 e. The Balaban J connectivity index is 1.88. The van der Waals surface area contributed by atoms with Gasteiger partial charge in [-0.3, -0.25) is 4.79 Å². The van der Waals surface area contributed by atoms with E-state index in [1.807, 2.05) is 7.05 Å². The quantitative estimate of drug-likeness (QED) is 0.887. The molecular weight excluding hydrogens is 242 g/mol. The van der Waals surface area contributed by atoms with Crippen LogP contribution in [0, 0.1) is 5.92 Å². The fourth-order valence-corrected chi connectivity index (χ4v) is 2.51. The number of amides is 1. The lowest BCUT2D eigenvalue weighted by Gasteiger charge is -2.31. The number of carbonyl (C=O) groups is 1. The summed E-state index contributed by atoms with van der Waals surface area (Å²) in [5, 5.41) is 0. The smallest absolute Gasteiger partial charge is 0.289 e. The lowest BCUT2D eigenvalue weighted by atomic mass is 9.96. The van der Waals surface area contributed by atoms with Crippen LogP contribution in [0.15, 0.2) is 16.5 Å². The highest BCUT2D eigenvalue weighted by Gasteiger charge is 2.22. The summed E-state index contributed by atoms with van der Waals surface area (Å²) < 4.78 is 5.40. The third-order valence-corrected chi connectivity index (χ3v) is 3.79. The third kappa shape index (κ3) is 3.58. The van der Waals surface area contributed by atoms with Crippen LogP contribution >= 0.6 is 0 Å². The van der Waals surface area contributed by atoms with Crippen molar-refractivity contribution in [3.63, 3.8) is 0 Å². The molecule has 106 valence electrons. The van der Waals surface area contributed by atoms with E-state index in [0.29, 0.717) is 24.0 Å². The topological polar surface area (TPSA) is 62.7 Å². The molecular formula is C14H23N3O2. The summed E-state index contributed by atoms with van der Waals surface area (Å²) >= 11 is 0. The number of piperidine rings is 1. The standard InChI is InChI=1S/C14H23N3O2/c1-16-7-5-11(6-8-16)10-17(2)14(18)13-4-3-12(9-15)19-13/h3-4,11H,5-10,15H2,1-2H3. The molecule has 19 heavy (non-hydrogen) atoms. The Labute approximate surface area is 114 Å². The van der Waals surface area contributed by atoms with Gasteiger partial charge in [-0.05, 0) is 51.0 Å². The molecule has 1 aliphatic heterocycles. The van der Waals surface area contributed by atoms with Crippen molar-refractivity contribution in [2.45, 2.75) is 19.4 Å². The SMILES string of the molecule is CN1CCC(CN(C)C(=O)c2ccc(CN)o2)CC1. The number of hydrogen-bond acceptors (Lipinski definition) is 4. The van der Waals surface area contributed by atoms with Crippen molar-refractivity contribution in [3.05, 3.63) is 23.7 Å².